The van der Waals surface area contributed by atoms with Gasteiger partial charge in [0, 0.05) is 6.42 Å². The molecule has 1 fully saturated rings. The zero-order valence-electron chi connectivity index (χ0n) is 14.4. The first-order valence-corrected chi connectivity index (χ1v) is 8.89. The minimum absolute atomic E-state index is 0.352. The summed E-state index contributed by atoms with van der Waals surface area (Å²) in [6.07, 6.45) is 5.94. The van der Waals surface area contributed by atoms with Gasteiger partial charge in [-0.2, -0.15) is 0 Å². The van der Waals surface area contributed by atoms with Crippen molar-refractivity contribution in [3.05, 3.63) is 42.6 Å². The maximum absolute atomic E-state index is 5.45. The summed E-state index contributed by atoms with van der Waals surface area (Å²) >= 11 is 0. The lowest BCUT2D eigenvalue weighted by molar-refractivity contribution is -1.03. The molecule has 0 bridgehead atoms. The van der Waals surface area contributed by atoms with Crippen LogP contribution in [0, 0.1) is 0 Å². The second-order valence-electron chi connectivity index (χ2n) is 6.52. The number of hydrogen-bond acceptors (Lipinski definition) is 4. The Bertz CT molecular complexity index is 615. The number of rotatable bonds is 8. The minimum Gasteiger partial charge on any atom is -0.467 e. The van der Waals surface area contributed by atoms with Crippen molar-refractivity contribution in [1.29, 1.82) is 0 Å². The molecule has 1 aliphatic rings. The van der Waals surface area contributed by atoms with Crippen LogP contribution in [0.2, 0.25) is 0 Å². The van der Waals surface area contributed by atoms with Crippen molar-refractivity contribution in [2.24, 2.45) is 0 Å². The van der Waals surface area contributed by atoms with Gasteiger partial charge in [-0.15, -0.1) is 5.10 Å². The van der Waals surface area contributed by atoms with Gasteiger partial charge in [-0.25, -0.2) is 4.68 Å². The van der Waals surface area contributed by atoms with Gasteiger partial charge in [0.05, 0.1) is 12.8 Å². The van der Waals surface area contributed by atoms with Crippen molar-refractivity contribution in [3.63, 3.8) is 0 Å². The van der Waals surface area contributed by atoms with Gasteiger partial charge >= 0.3 is 0 Å². The third-order valence-electron chi connectivity index (χ3n) is 4.86. The molecule has 0 radical (unpaired) electrons. The highest BCUT2D eigenvalue weighted by Crippen LogP contribution is 2.14. The second-order valence-corrected chi connectivity index (χ2v) is 6.52. The zero-order chi connectivity index (χ0) is 16.8. The molecule has 0 saturated carbocycles. The van der Waals surface area contributed by atoms with Crippen LogP contribution in [0.4, 0.5) is 0 Å². The summed E-state index contributed by atoms with van der Waals surface area (Å²) in [5.74, 6) is 1.87. The number of hydrogen-bond donors (Lipinski definition) is 2. The highest BCUT2D eigenvalue weighted by Gasteiger charge is 2.33. The van der Waals surface area contributed by atoms with Crippen molar-refractivity contribution < 1.29 is 14.2 Å². The predicted octanol–water partition coefficient (Wildman–Crippen LogP) is -0.875. The molecule has 0 amide bonds. The molecule has 1 aliphatic heterocycles. The molecule has 3 rings (SSSR count). The molecule has 0 aromatic carbocycles. The minimum atomic E-state index is 0.352. The number of furan rings is 1. The number of nitrogens with zero attached hydrogens (tertiary/aromatic N) is 4. The molecule has 2 N–H and O–H groups in total. The van der Waals surface area contributed by atoms with E-state index >= 15 is 0 Å². The van der Waals surface area contributed by atoms with E-state index in [2.05, 4.69) is 29.0 Å². The zero-order valence-corrected chi connectivity index (χ0v) is 14.4. The van der Waals surface area contributed by atoms with E-state index in [1.165, 1.54) is 13.1 Å². The lowest BCUT2D eigenvalue weighted by atomic mass is 10.1. The fraction of sp³-hybridized carbons (Fsp3) is 0.588. The first-order valence-electron chi connectivity index (χ1n) is 8.89. The molecular weight excluding hydrogens is 304 g/mol. The van der Waals surface area contributed by atoms with Crippen LogP contribution in [-0.2, 0) is 6.54 Å². The van der Waals surface area contributed by atoms with Crippen LogP contribution < -0.4 is 9.80 Å². The van der Waals surface area contributed by atoms with Crippen molar-refractivity contribution in [3.8, 4) is 0 Å². The van der Waals surface area contributed by atoms with Crippen LogP contribution >= 0.6 is 0 Å². The molecule has 130 valence electrons. The molecular formula is C17H28N6O+2. The van der Waals surface area contributed by atoms with Crippen molar-refractivity contribution in [2.75, 3.05) is 32.7 Å². The molecule has 1 saturated heterocycles. The number of tetrazole rings is 1. The average molecular weight is 332 g/mol. The molecule has 0 spiro atoms. The fourth-order valence-electron chi connectivity index (χ4n) is 3.61. The molecule has 24 heavy (non-hydrogen) atoms. The van der Waals surface area contributed by atoms with Crippen molar-refractivity contribution in [2.45, 2.75) is 32.4 Å². The first-order chi connectivity index (χ1) is 11.8. The quantitative estimate of drug-likeness (QED) is 0.617. The lowest BCUT2D eigenvalue weighted by Crippen LogP contribution is -3.28. The van der Waals surface area contributed by atoms with E-state index in [0.29, 0.717) is 12.6 Å². The van der Waals surface area contributed by atoms with Crippen LogP contribution in [-0.4, -0.2) is 52.9 Å². The Balaban J connectivity index is 1.72. The first kappa shape index (κ1) is 16.9. The number of quaternary nitrogens is 2. The summed E-state index contributed by atoms with van der Waals surface area (Å²) in [6.45, 7) is 12.4. The molecule has 0 aliphatic carbocycles. The van der Waals surface area contributed by atoms with E-state index in [1.54, 1.807) is 16.1 Å². The summed E-state index contributed by atoms with van der Waals surface area (Å²) in [7, 11) is 0. The van der Waals surface area contributed by atoms with Crippen molar-refractivity contribution in [1.82, 2.24) is 20.2 Å². The highest BCUT2D eigenvalue weighted by atomic mass is 16.3. The van der Waals surface area contributed by atoms with Gasteiger partial charge in [-0.3, -0.25) is 0 Å². The molecule has 7 nitrogen and oxygen atoms in total. The summed E-state index contributed by atoms with van der Waals surface area (Å²) in [4.78, 5) is 3.22. The van der Waals surface area contributed by atoms with Crippen LogP contribution in [0.1, 0.15) is 37.4 Å². The van der Waals surface area contributed by atoms with Gasteiger partial charge in [-0.05, 0) is 28.6 Å². The Morgan fingerprint density at radius 1 is 1.38 bits per heavy atom. The third kappa shape index (κ3) is 3.91. The topological polar surface area (TPSA) is 65.6 Å². The van der Waals surface area contributed by atoms with Crippen molar-refractivity contribution >= 4 is 0 Å². The van der Waals surface area contributed by atoms with Crippen LogP contribution in [0.5, 0.6) is 0 Å². The molecule has 0 unspecified atom stereocenters. The second kappa shape index (κ2) is 8.21. The van der Waals surface area contributed by atoms with E-state index < -0.39 is 0 Å². The van der Waals surface area contributed by atoms with E-state index in [1.807, 2.05) is 22.9 Å². The number of piperazine rings is 1. The number of nitrogens with one attached hydrogen (secondary N) is 2. The van der Waals surface area contributed by atoms with Gasteiger partial charge in [0.1, 0.15) is 44.5 Å². The van der Waals surface area contributed by atoms with E-state index in [4.69, 9.17) is 4.42 Å². The monoisotopic (exact) mass is 332 g/mol. The standard InChI is InChI=1S/C17H26N6O/c1-3-6-16(22-11-9-21(8-4-2)10-12-22)17-18-19-20-23(17)14-15-7-5-13-24-15/h4-5,7,13,16H,2-3,6,8-12,14H2,1H3/p+2/t16-/m0/s1. The van der Waals surface area contributed by atoms with Gasteiger partial charge in [0.25, 0.3) is 0 Å². The fourth-order valence-corrected chi connectivity index (χ4v) is 3.61. The van der Waals surface area contributed by atoms with Crippen LogP contribution in [0.3, 0.4) is 0 Å². The van der Waals surface area contributed by atoms with Gasteiger partial charge in [0.2, 0.25) is 5.82 Å². The summed E-state index contributed by atoms with van der Waals surface area (Å²) in [5.41, 5.74) is 0. The molecule has 2 aromatic heterocycles. The lowest BCUT2D eigenvalue weighted by Gasteiger charge is -2.33. The number of aromatic nitrogens is 4. The van der Waals surface area contributed by atoms with Crippen LogP contribution in [0.25, 0.3) is 0 Å². The third-order valence-corrected chi connectivity index (χ3v) is 4.86. The average Bonchev–Trinajstić information content (AvgIpc) is 3.26. The van der Waals surface area contributed by atoms with Crippen LogP contribution in [0.15, 0.2) is 35.5 Å². The molecule has 2 aromatic rings. The largest absolute Gasteiger partial charge is 0.467 e. The van der Waals surface area contributed by atoms with Gasteiger partial charge in [0.15, 0.2) is 0 Å². The Hall–Kier alpha value is -1.99. The van der Waals surface area contributed by atoms with E-state index in [9.17, 15) is 0 Å². The Morgan fingerprint density at radius 2 is 2.21 bits per heavy atom. The van der Waals surface area contributed by atoms with E-state index in [-0.39, 0.29) is 0 Å². The maximum Gasteiger partial charge on any atom is 0.209 e. The smallest absolute Gasteiger partial charge is 0.209 e. The molecule has 3 heterocycles. The Morgan fingerprint density at radius 3 is 2.88 bits per heavy atom. The molecule has 7 heteroatoms. The SMILES string of the molecule is C=CC[NH+]1CC[NH+]([C@@H](CCC)c2nnnn2Cc2ccco2)CC1. The Labute approximate surface area is 142 Å². The predicted molar refractivity (Wildman–Crippen MR) is 89.7 cm³/mol. The Kier molecular flexibility index (Phi) is 5.77. The van der Waals surface area contributed by atoms with E-state index in [0.717, 1.165) is 44.1 Å². The summed E-state index contributed by atoms with van der Waals surface area (Å²) in [6, 6.07) is 4.21. The highest BCUT2D eigenvalue weighted by molar-refractivity contribution is 5.00. The van der Waals surface area contributed by atoms with Gasteiger partial charge in [-0.1, -0.05) is 19.9 Å². The normalized spacial score (nSPS) is 22.4. The molecule has 1 atom stereocenters. The summed E-state index contributed by atoms with van der Waals surface area (Å²) in [5, 5.41) is 12.5. The maximum atomic E-state index is 5.45. The van der Waals surface area contributed by atoms with Gasteiger partial charge < -0.3 is 14.2 Å². The summed E-state index contributed by atoms with van der Waals surface area (Å²) < 4.78 is 7.35.